The fraction of sp³-hybridized carbons (Fsp3) is 1.00. The average molecular weight is 216 g/mol. The lowest BCUT2D eigenvalue weighted by Crippen LogP contribution is -2.51. The van der Waals surface area contributed by atoms with Crippen LogP contribution in [-0.2, 0) is 8.85 Å². The minimum absolute atomic E-state index is 0.658. The third-order valence-electron chi connectivity index (χ3n) is 3.39. The zero-order valence-electron chi connectivity index (χ0n) is 10.0. The number of hydrogen-bond donors (Lipinski definition) is 0. The highest BCUT2D eigenvalue weighted by molar-refractivity contribution is 6.70. The second kappa shape index (κ2) is 5.28. The standard InChI is InChI=1S/C11H24O2Si/c1-5-12-14(13-6-2)10(3)8-7-9-11(14)4/h10-11H,5-9H2,1-4H3. The predicted octanol–water partition coefficient (Wildman–Crippen LogP) is 3.47. The van der Waals surface area contributed by atoms with Crippen LogP contribution in [-0.4, -0.2) is 21.8 Å². The van der Waals surface area contributed by atoms with Gasteiger partial charge in [-0.05, 0) is 26.7 Å². The van der Waals surface area contributed by atoms with E-state index in [9.17, 15) is 0 Å². The first kappa shape index (κ1) is 12.2. The third-order valence-corrected chi connectivity index (χ3v) is 8.19. The summed E-state index contributed by atoms with van der Waals surface area (Å²) in [5.74, 6) is 0. The Morgan fingerprint density at radius 1 is 1.00 bits per heavy atom. The molecule has 0 radical (unpaired) electrons. The quantitative estimate of drug-likeness (QED) is 0.670. The van der Waals surface area contributed by atoms with Gasteiger partial charge in [-0.3, -0.25) is 0 Å². The first-order valence-corrected chi connectivity index (χ1v) is 7.92. The molecule has 1 aliphatic heterocycles. The van der Waals surface area contributed by atoms with E-state index in [1.165, 1.54) is 19.3 Å². The van der Waals surface area contributed by atoms with E-state index in [2.05, 4.69) is 27.7 Å². The van der Waals surface area contributed by atoms with Crippen molar-refractivity contribution in [2.24, 2.45) is 0 Å². The molecule has 1 fully saturated rings. The summed E-state index contributed by atoms with van der Waals surface area (Å²) in [6.07, 6.45) is 3.92. The lowest BCUT2D eigenvalue weighted by atomic mass is 10.1. The zero-order chi connectivity index (χ0) is 10.6. The Bertz CT molecular complexity index is 155. The summed E-state index contributed by atoms with van der Waals surface area (Å²) in [7, 11) is -1.89. The van der Waals surface area contributed by atoms with Crippen molar-refractivity contribution in [2.75, 3.05) is 13.2 Å². The van der Waals surface area contributed by atoms with E-state index in [-0.39, 0.29) is 0 Å². The van der Waals surface area contributed by atoms with Gasteiger partial charge in [-0.1, -0.05) is 20.3 Å². The van der Waals surface area contributed by atoms with Crippen LogP contribution in [0.3, 0.4) is 0 Å². The molecule has 0 N–H and O–H groups in total. The molecule has 2 unspecified atom stereocenters. The van der Waals surface area contributed by atoms with Crippen LogP contribution in [0.25, 0.3) is 0 Å². The van der Waals surface area contributed by atoms with Crippen molar-refractivity contribution in [3.05, 3.63) is 0 Å². The van der Waals surface area contributed by atoms with Crippen molar-refractivity contribution in [1.29, 1.82) is 0 Å². The van der Waals surface area contributed by atoms with Crippen molar-refractivity contribution in [2.45, 2.75) is 58.0 Å². The largest absolute Gasteiger partial charge is 0.394 e. The fourth-order valence-electron chi connectivity index (χ4n) is 2.68. The third kappa shape index (κ3) is 2.20. The first-order valence-electron chi connectivity index (χ1n) is 5.95. The summed E-state index contributed by atoms with van der Waals surface area (Å²) >= 11 is 0. The summed E-state index contributed by atoms with van der Waals surface area (Å²) < 4.78 is 12.1. The lowest BCUT2D eigenvalue weighted by molar-refractivity contribution is 0.153. The molecule has 3 heteroatoms. The molecule has 0 aliphatic carbocycles. The van der Waals surface area contributed by atoms with Crippen LogP contribution in [0.15, 0.2) is 0 Å². The summed E-state index contributed by atoms with van der Waals surface area (Å²) in [6.45, 7) is 10.4. The molecule has 2 nitrogen and oxygen atoms in total. The van der Waals surface area contributed by atoms with E-state index in [1.54, 1.807) is 0 Å². The van der Waals surface area contributed by atoms with Crippen molar-refractivity contribution in [3.63, 3.8) is 0 Å². The second-order valence-corrected chi connectivity index (χ2v) is 8.31. The van der Waals surface area contributed by atoms with Gasteiger partial charge in [0.2, 0.25) is 0 Å². The maximum atomic E-state index is 6.05. The van der Waals surface area contributed by atoms with Crippen molar-refractivity contribution in [1.82, 2.24) is 0 Å². The van der Waals surface area contributed by atoms with Gasteiger partial charge in [-0.15, -0.1) is 0 Å². The fourth-order valence-corrected chi connectivity index (χ4v) is 6.99. The summed E-state index contributed by atoms with van der Waals surface area (Å²) in [5.41, 5.74) is 1.32. The van der Waals surface area contributed by atoms with E-state index in [0.717, 1.165) is 13.2 Å². The minimum atomic E-state index is -1.89. The highest BCUT2D eigenvalue weighted by Gasteiger charge is 2.50. The molecule has 14 heavy (non-hydrogen) atoms. The van der Waals surface area contributed by atoms with E-state index in [0.29, 0.717) is 11.1 Å². The van der Waals surface area contributed by atoms with Gasteiger partial charge in [-0.25, -0.2) is 0 Å². The molecular formula is C11H24O2Si. The van der Waals surface area contributed by atoms with Gasteiger partial charge in [0.05, 0.1) is 0 Å². The van der Waals surface area contributed by atoms with Crippen molar-refractivity contribution in [3.8, 4) is 0 Å². The molecule has 0 aromatic rings. The Labute approximate surface area is 89.2 Å². The highest BCUT2D eigenvalue weighted by Crippen LogP contribution is 2.45. The molecule has 0 bridgehead atoms. The molecular weight excluding hydrogens is 192 g/mol. The van der Waals surface area contributed by atoms with Crippen LogP contribution >= 0.6 is 0 Å². The lowest BCUT2D eigenvalue weighted by Gasteiger charge is -2.43. The van der Waals surface area contributed by atoms with Gasteiger partial charge in [0.1, 0.15) is 0 Å². The Balaban J connectivity index is 2.77. The molecule has 1 heterocycles. The molecule has 1 saturated heterocycles. The summed E-state index contributed by atoms with van der Waals surface area (Å²) in [5, 5.41) is 0. The highest BCUT2D eigenvalue weighted by atomic mass is 28.4. The van der Waals surface area contributed by atoms with Crippen LogP contribution in [0, 0.1) is 0 Å². The summed E-state index contributed by atoms with van der Waals surface area (Å²) in [6, 6.07) is 0. The molecule has 84 valence electrons. The smallest absolute Gasteiger partial charge is 0.343 e. The normalized spacial score (nSPS) is 31.7. The van der Waals surface area contributed by atoms with Gasteiger partial charge >= 0.3 is 8.56 Å². The Morgan fingerprint density at radius 3 is 1.79 bits per heavy atom. The van der Waals surface area contributed by atoms with Crippen LogP contribution in [0.2, 0.25) is 11.1 Å². The van der Waals surface area contributed by atoms with E-state index in [4.69, 9.17) is 8.85 Å². The topological polar surface area (TPSA) is 18.5 Å². The maximum absolute atomic E-state index is 6.05. The van der Waals surface area contributed by atoms with Crippen molar-refractivity contribution < 1.29 is 8.85 Å². The van der Waals surface area contributed by atoms with Crippen molar-refractivity contribution >= 4 is 8.56 Å². The maximum Gasteiger partial charge on any atom is 0.343 e. The van der Waals surface area contributed by atoms with Crippen LogP contribution in [0.5, 0.6) is 0 Å². The number of hydrogen-bond acceptors (Lipinski definition) is 2. The van der Waals surface area contributed by atoms with Crippen LogP contribution in [0.1, 0.15) is 47.0 Å². The Morgan fingerprint density at radius 2 is 1.43 bits per heavy atom. The summed E-state index contributed by atoms with van der Waals surface area (Å²) in [4.78, 5) is 0. The van der Waals surface area contributed by atoms with Gasteiger partial charge in [0.25, 0.3) is 0 Å². The number of rotatable bonds is 4. The average Bonchev–Trinajstić information content (AvgIpc) is 2.15. The Kier molecular flexibility index (Phi) is 4.61. The molecule has 2 atom stereocenters. The van der Waals surface area contributed by atoms with E-state index < -0.39 is 8.56 Å². The second-order valence-electron chi connectivity index (χ2n) is 4.32. The first-order chi connectivity index (χ1) is 6.67. The van der Waals surface area contributed by atoms with Gasteiger partial charge in [0, 0.05) is 24.3 Å². The predicted molar refractivity (Wildman–Crippen MR) is 61.7 cm³/mol. The van der Waals surface area contributed by atoms with Crippen LogP contribution in [0.4, 0.5) is 0 Å². The van der Waals surface area contributed by atoms with Gasteiger partial charge in [-0.2, -0.15) is 0 Å². The van der Waals surface area contributed by atoms with Crippen LogP contribution < -0.4 is 0 Å². The minimum Gasteiger partial charge on any atom is -0.394 e. The molecule has 1 aliphatic rings. The van der Waals surface area contributed by atoms with E-state index >= 15 is 0 Å². The molecule has 1 rings (SSSR count). The monoisotopic (exact) mass is 216 g/mol. The molecule has 0 aromatic carbocycles. The molecule has 0 saturated carbocycles. The zero-order valence-corrected chi connectivity index (χ0v) is 11.0. The Hall–Kier alpha value is 0.137. The van der Waals surface area contributed by atoms with Gasteiger partial charge < -0.3 is 8.85 Å². The van der Waals surface area contributed by atoms with E-state index in [1.807, 2.05) is 0 Å². The molecule has 0 aromatic heterocycles. The van der Waals surface area contributed by atoms with Gasteiger partial charge in [0.15, 0.2) is 0 Å². The molecule has 0 spiro atoms. The molecule has 0 amide bonds. The SMILES string of the molecule is CCO[Si]1(OCC)C(C)CCCC1C.